The van der Waals surface area contributed by atoms with Crippen LogP contribution in [0.3, 0.4) is 0 Å². The van der Waals surface area contributed by atoms with Crippen molar-refractivity contribution in [1.82, 2.24) is 4.98 Å². The van der Waals surface area contributed by atoms with E-state index in [4.69, 9.17) is 4.74 Å². The topological polar surface area (TPSA) is 97.5 Å². The molecule has 1 heterocycles. The summed E-state index contributed by atoms with van der Waals surface area (Å²) in [5.41, 5.74) is -0.402. The number of aromatic hydroxyl groups is 1. The molecule has 1 aromatic heterocycles. The Morgan fingerprint density at radius 1 is 1.32 bits per heavy atom. The summed E-state index contributed by atoms with van der Waals surface area (Å²) in [6.07, 6.45) is 1.55. The number of ether oxygens (including phenoxy) is 1. The number of benzene rings is 1. The molecule has 0 saturated carbocycles. The highest BCUT2D eigenvalue weighted by molar-refractivity contribution is 5.51. The van der Waals surface area contributed by atoms with Crippen molar-refractivity contribution in [1.29, 1.82) is 0 Å². The van der Waals surface area contributed by atoms with Gasteiger partial charge in [-0.15, -0.1) is 0 Å². The van der Waals surface area contributed by atoms with E-state index in [1.807, 2.05) is 0 Å². The Labute approximate surface area is 108 Å². The summed E-state index contributed by atoms with van der Waals surface area (Å²) in [4.78, 5) is 14.0. The number of hydrogen-bond donors (Lipinski definition) is 2. The molecule has 1 aromatic carbocycles. The first-order valence-corrected chi connectivity index (χ1v) is 5.39. The van der Waals surface area contributed by atoms with E-state index in [1.165, 1.54) is 12.1 Å². The van der Waals surface area contributed by atoms with Gasteiger partial charge in [-0.05, 0) is 18.2 Å². The average Bonchev–Trinajstić information content (AvgIpc) is 2.41. The van der Waals surface area contributed by atoms with E-state index in [9.17, 15) is 15.2 Å². The number of nitro benzene ring substituents is 1. The largest absolute Gasteiger partial charge is 0.502 e. The van der Waals surface area contributed by atoms with Crippen molar-refractivity contribution >= 4 is 11.5 Å². The maximum Gasteiger partial charge on any atom is 0.314 e. The summed E-state index contributed by atoms with van der Waals surface area (Å²) in [5.74, 6) is 0.964. The summed E-state index contributed by atoms with van der Waals surface area (Å²) >= 11 is 0. The van der Waals surface area contributed by atoms with Crippen molar-refractivity contribution in [3.8, 4) is 17.2 Å². The van der Waals surface area contributed by atoms with Crippen LogP contribution < -0.4 is 10.1 Å². The fraction of sp³-hybridized carbons (Fsp3) is 0.0833. The van der Waals surface area contributed by atoms with E-state index >= 15 is 0 Å². The second-order valence-corrected chi connectivity index (χ2v) is 3.64. The minimum Gasteiger partial charge on any atom is -0.502 e. The molecule has 2 N–H and O–H groups in total. The van der Waals surface area contributed by atoms with Crippen LogP contribution in [0, 0.1) is 10.1 Å². The number of pyridine rings is 1. The van der Waals surface area contributed by atoms with Crippen LogP contribution in [-0.2, 0) is 0 Å². The minimum atomic E-state index is -0.673. The maximum absolute atomic E-state index is 10.7. The van der Waals surface area contributed by atoms with E-state index in [0.29, 0.717) is 11.6 Å². The average molecular weight is 261 g/mol. The molecular formula is C12H11N3O4. The lowest BCUT2D eigenvalue weighted by atomic mass is 10.3. The quantitative estimate of drug-likeness (QED) is 0.648. The Morgan fingerprint density at radius 2 is 2.05 bits per heavy atom. The number of aromatic nitrogens is 1. The van der Waals surface area contributed by atoms with Gasteiger partial charge in [0.15, 0.2) is 5.75 Å². The maximum atomic E-state index is 10.7. The lowest BCUT2D eigenvalue weighted by Gasteiger charge is -2.07. The molecule has 0 aliphatic heterocycles. The van der Waals surface area contributed by atoms with Crippen molar-refractivity contribution < 1.29 is 14.8 Å². The molecule has 2 aromatic rings. The van der Waals surface area contributed by atoms with Crippen LogP contribution in [0.5, 0.6) is 17.2 Å². The molecule has 98 valence electrons. The van der Waals surface area contributed by atoms with Crippen molar-refractivity contribution in [3.05, 3.63) is 46.6 Å². The third-order valence-electron chi connectivity index (χ3n) is 2.37. The summed E-state index contributed by atoms with van der Waals surface area (Å²) < 4.78 is 5.47. The highest BCUT2D eigenvalue weighted by Gasteiger charge is 2.14. The second-order valence-electron chi connectivity index (χ2n) is 3.64. The molecule has 19 heavy (non-hydrogen) atoms. The van der Waals surface area contributed by atoms with Gasteiger partial charge in [0.05, 0.1) is 11.0 Å². The van der Waals surface area contributed by atoms with Gasteiger partial charge in [0, 0.05) is 19.3 Å². The highest BCUT2D eigenvalue weighted by atomic mass is 16.6. The molecule has 0 atom stereocenters. The number of phenolic OH excluding ortho intramolecular Hbond substituents is 1. The number of anilines is 1. The van der Waals surface area contributed by atoms with Crippen LogP contribution in [0.25, 0.3) is 0 Å². The first-order valence-electron chi connectivity index (χ1n) is 5.39. The van der Waals surface area contributed by atoms with Crippen molar-refractivity contribution in [2.45, 2.75) is 0 Å². The standard InChI is InChI=1S/C12H11N3O4/c1-13-12-7-9(4-5-14-12)19-8-2-3-11(16)10(6-8)15(17)18/h2-7,16H,1H3,(H,13,14). The third-order valence-corrected chi connectivity index (χ3v) is 2.37. The first kappa shape index (κ1) is 12.6. The third kappa shape index (κ3) is 2.89. The summed E-state index contributed by atoms with van der Waals surface area (Å²) in [7, 11) is 1.72. The van der Waals surface area contributed by atoms with Gasteiger partial charge in [-0.25, -0.2) is 4.98 Å². The summed E-state index contributed by atoms with van der Waals surface area (Å²) in [6.45, 7) is 0. The van der Waals surface area contributed by atoms with E-state index in [1.54, 1.807) is 25.4 Å². The van der Waals surface area contributed by atoms with Gasteiger partial charge in [0.25, 0.3) is 0 Å². The predicted molar refractivity (Wildman–Crippen MR) is 68.6 cm³/mol. The van der Waals surface area contributed by atoms with Crippen LogP contribution in [-0.4, -0.2) is 22.1 Å². The molecule has 0 fully saturated rings. The predicted octanol–water partition coefficient (Wildman–Crippen LogP) is 2.53. The fourth-order valence-electron chi connectivity index (χ4n) is 1.46. The van der Waals surface area contributed by atoms with Crippen molar-refractivity contribution in [2.75, 3.05) is 12.4 Å². The fourth-order valence-corrected chi connectivity index (χ4v) is 1.46. The number of nitrogens with one attached hydrogen (secondary N) is 1. The molecule has 0 unspecified atom stereocenters. The van der Waals surface area contributed by atoms with E-state index in [-0.39, 0.29) is 5.75 Å². The second kappa shape index (κ2) is 5.21. The van der Waals surface area contributed by atoms with Crippen molar-refractivity contribution in [2.24, 2.45) is 0 Å². The molecule has 0 amide bonds. The number of rotatable bonds is 4. The van der Waals surface area contributed by atoms with Gasteiger partial charge in [0.2, 0.25) is 0 Å². The van der Waals surface area contributed by atoms with Crippen LogP contribution in [0.2, 0.25) is 0 Å². The molecule has 0 radical (unpaired) electrons. The number of phenols is 1. The SMILES string of the molecule is CNc1cc(Oc2ccc(O)c([N+](=O)[O-])c2)ccn1. The summed E-state index contributed by atoms with van der Waals surface area (Å²) in [6, 6.07) is 7.10. The number of nitro groups is 1. The van der Waals surface area contributed by atoms with Gasteiger partial charge in [-0.1, -0.05) is 0 Å². The van der Waals surface area contributed by atoms with Crippen LogP contribution in [0.4, 0.5) is 11.5 Å². The zero-order valence-electron chi connectivity index (χ0n) is 10.0. The molecule has 0 spiro atoms. The van der Waals surface area contributed by atoms with Gasteiger partial charge in [0.1, 0.15) is 17.3 Å². The van der Waals surface area contributed by atoms with Crippen molar-refractivity contribution in [3.63, 3.8) is 0 Å². The number of hydrogen-bond acceptors (Lipinski definition) is 6. The van der Waals surface area contributed by atoms with E-state index in [0.717, 1.165) is 6.07 Å². The van der Waals surface area contributed by atoms with Gasteiger partial charge in [-0.2, -0.15) is 0 Å². The van der Waals surface area contributed by atoms with Crippen LogP contribution in [0.1, 0.15) is 0 Å². The molecule has 0 aliphatic rings. The zero-order chi connectivity index (χ0) is 13.8. The van der Waals surface area contributed by atoms with Crippen LogP contribution in [0.15, 0.2) is 36.5 Å². The first-order chi connectivity index (χ1) is 9.10. The Kier molecular flexibility index (Phi) is 3.46. The van der Waals surface area contributed by atoms with Crippen LogP contribution >= 0.6 is 0 Å². The van der Waals surface area contributed by atoms with Gasteiger partial charge in [-0.3, -0.25) is 10.1 Å². The molecule has 0 bridgehead atoms. The van der Waals surface area contributed by atoms with Gasteiger partial charge >= 0.3 is 5.69 Å². The summed E-state index contributed by atoms with van der Waals surface area (Å²) in [5, 5.41) is 22.9. The lowest BCUT2D eigenvalue weighted by molar-refractivity contribution is -0.385. The Balaban J connectivity index is 2.28. The zero-order valence-corrected chi connectivity index (χ0v) is 10.0. The number of nitrogens with zero attached hydrogens (tertiary/aromatic N) is 2. The molecule has 0 aliphatic carbocycles. The lowest BCUT2D eigenvalue weighted by Crippen LogP contribution is -1.93. The molecule has 0 saturated heterocycles. The highest BCUT2D eigenvalue weighted by Crippen LogP contribution is 2.32. The Hall–Kier alpha value is -2.83. The molecular weight excluding hydrogens is 250 g/mol. The molecule has 2 rings (SSSR count). The molecule has 7 nitrogen and oxygen atoms in total. The monoisotopic (exact) mass is 261 g/mol. The smallest absolute Gasteiger partial charge is 0.314 e. The van der Waals surface area contributed by atoms with Gasteiger partial charge < -0.3 is 15.2 Å². The Bertz CT molecular complexity index is 616. The molecule has 7 heteroatoms. The minimum absolute atomic E-state index is 0.262. The van der Waals surface area contributed by atoms with E-state index < -0.39 is 16.4 Å². The normalized spacial score (nSPS) is 9.95. The Morgan fingerprint density at radius 3 is 2.74 bits per heavy atom. The van der Waals surface area contributed by atoms with E-state index in [2.05, 4.69) is 10.3 Å².